The number of likely N-dealkylation sites (tertiary alicyclic amines) is 1. The predicted molar refractivity (Wildman–Crippen MR) is 70.3 cm³/mol. The number of ether oxygens (including phenoxy) is 1. The van der Waals surface area contributed by atoms with Crippen LogP contribution in [0.3, 0.4) is 0 Å². The Labute approximate surface area is 110 Å². The maximum atomic E-state index is 12.2. The Kier molecular flexibility index (Phi) is 6.05. The van der Waals surface area contributed by atoms with Crippen molar-refractivity contribution in [2.45, 2.75) is 32.4 Å². The number of nitrogens with zero attached hydrogens (tertiary/aromatic N) is 2. The molecule has 5 heteroatoms. The normalized spacial score (nSPS) is 25.8. The van der Waals surface area contributed by atoms with Crippen LogP contribution < -0.4 is 0 Å². The summed E-state index contributed by atoms with van der Waals surface area (Å²) in [6.45, 7) is 6.08. The fraction of sp³-hybridized carbons (Fsp3) is 0.923. The minimum absolute atomic E-state index is 0.0839. The molecule has 1 aliphatic rings. The van der Waals surface area contributed by atoms with Crippen molar-refractivity contribution in [1.82, 2.24) is 9.80 Å². The lowest BCUT2D eigenvalue weighted by atomic mass is 10.1. The highest BCUT2D eigenvalue weighted by Crippen LogP contribution is 2.23. The van der Waals surface area contributed by atoms with Crippen LogP contribution in [0.1, 0.15) is 20.3 Å². The topological polar surface area (TPSA) is 53.0 Å². The van der Waals surface area contributed by atoms with Crippen molar-refractivity contribution < 1.29 is 14.6 Å². The highest BCUT2D eigenvalue weighted by atomic mass is 16.5. The highest BCUT2D eigenvalue weighted by molar-refractivity contribution is 5.79. The van der Waals surface area contributed by atoms with E-state index in [1.807, 2.05) is 18.9 Å². The van der Waals surface area contributed by atoms with Crippen LogP contribution in [0.4, 0.5) is 0 Å². The fourth-order valence-corrected chi connectivity index (χ4v) is 2.75. The molecule has 0 unspecified atom stereocenters. The minimum Gasteiger partial charge on any atom is -0.395 e. The number of hydrogen-bond donors (Lipinski definition) is 1. The van der Waals surface area contributed by atoms with Gasteiger partial charge in [0.25, 0.3) is 0 Å². The van der Waals surface area contributed by atoms with Crippen LogP contribution in [0.15, 0.2) is 0 Å². The summed E-state index contributed by atoms with van der Waals surface area (Å²) in [6.07, 6.45) is 0.975. The van der Waals surface area contributed by atoms with Crippen molar-refractivity contribution in [3.63, 3.8) is 0 Å². The van der Waals surface area contributed by atoms with Gasteiger partial charge in [-0.3, -0.25) is 9.69 Å². The largest absolute Gasteiger partial charge is 0.395 e. The first-order valence-corrected chi connectivity index (χ1v) is 6.63. The molecular weight excluding hydrogens is 232 g/mol. The third-order valence-corrected chi connectivity index (χ3v) is 3.85. The summed E-state index contributed by atoms with van der Waals surface area (Å²) < 4.78 is 5.04. The van der Waals surface area contributed by atoms with Gasteiger partial charge in [-0.1, -0.05) is 6.92 Å². The van der Waals surface area contributed by atoms with Gasteiger partial charge in [-0.25, -0.2) is 0 Å². The van der Waals surface area contributed by atoms with Gasteiger partial charge in [-0.2, -0.15) is 0 Å². The highest BCUT2D eigenvalue weighted by Gasteiger charge is 2.37. The first-order valence-electron chi connectivity index (χ1n) is 6.63. The van der Waals surface area contributed by atoms with E-state index in [1.54, 1.807) is 7.11 Å². The van der Waals surface area contributed by atoms with Crippen molar-refractivity contribution in [2.75, 3.05) is 40.5 Å². The smallest absolute Gasteiger partial charge is 0.228 e. The number of aliphatic hydroxyl groups is 1. The molecule has 1 saturated heterocycles. The van der Waals surface area contributed by atoms with Crippen molar-refractivity contribution in [3.8, 4) is 0 Å². The van der Waals surface area contributed by atoms with Crippen LogP contribution in [0.25, 0.3) is 0 Å². The van der Waals surface area contributed by atoms with Gasteiger partial charge >= 0.3 is 0 Å². The molecular formula is C13H26N2O3. The Bertz CT molecular complexity index is 273. The molecule has 0 bridgehead atoms. The van der Waals surface area contributed by atoms with E-state index in [2.05, 4.69) is 11.8 Å². The van der Waals surface area contributed by atoms with Crippen molar-refractivity contribution in [1.29, 1.82) is 0 Å². The number of methoxy groups -OCH3 is 1. The summed E-state index contributed by atoms with van der Waals surface area (Å²) in [5, 5.41) is 8.98. The Morgan fingerprint density at radius 3 is 2.83 bits per heavy atom. The molecule has 1 aliphatic heterocycles. The molecule has 0 radical (unpaired) electrons. The summed E-state index contributed by atoms with van der Waals surface area (Å²) in [6, 6.07) is 0.546. The number of hydrogen-bond acceptors (Lipinski definition) is 4. The second-order valence-electron chi connectivity index (χ2n) is 5.19. The van der Waals surface area contributed by atoms with Crippen molar-refractivity contribution in [2.24, 2.45) is 5.92 Å². The number of amides is 1. The molecule has 1 rings (SSSR count). The molecule has 106 valence electrons. The van der Waals surface area contributed by atoms with Gasteiger partial charge in [0.1, 0.15) is 0 Å². The second kappa shape index (κ2) is 7.07. The van der Waals surface area contributed by atoms with Crippen LogP contribution in [-0.4, -0.2) is 73.4 Å². The van der Waals surface area contributed by atoms with Gasteiger partial charge in [-0.05, 0) is 20.4 Å². The second-order valence-corrected chi connectivity index (χ2v) is 5.19. The Hall–Kier alpha value is -0.650. The zero-order valence-electron chi connectivity index (χ0n) is 11.9. The average Bonchev–Trinajstić information content (AvgIpc) is 2.71. The van der Waals surface area contributed by atoms with Crippen molar-refractivity contribution >= 4 is 5.91 Å². The summed E-state index contributed by atoms with van der Waals surface area (Å²) >= 11 is 0. The lowest BCUT2D eigenvalue weighted by Crippen LogP contribution is -2.46. The van der Waals surface area contributed by atoms with Crippen LogP contribution >= 0.6 is 0 Å². The van der Waals surface area contributed by atoms with Gasteiger partial charge < -0.3 is 14.7 Å². The molecule has 0 aromatic carbocycles. The SMILES string of the molecule is COC[C@@H](C)C(=O)N1CC[C@@H](N(C)CCO)[C@H]1C. The van der Waals surface area contributed by atoms with E-state index in [4.69, 9.17) is 9.84 Å². The first kappa shape index (κ1) is 15.4. The Morgan fingerprint density at radius 2 is 2.28 bits per heavy atom. The van der Waals surface area contributed by atoms with E-state index in [9.17, 15) is 4.79 Å². The Balaban J connectivity index is 2.58. The van der Waals surface area contributed by atoms with E-state index in [0.717, 1.165) is 13.0 Å². The van der Waals surface area contributed by atoms with E-state index in [-0.39, 0.29) is 24.5 Å². The zero-order chi connectivity index (χ0) is 13.7. The van der Waals surface area contributed by atoms with Crippen LogP contribution in [0, 0.1) is 5.92 Å². The number of rotatable bonds is 6. The summed E-state index contributed by atoms with van der Waals surface area (Å²) in [4.78, 5) is 16.3. The fourth-order valence-electron chi connectivity index (χ4n) is 2.75. The van der Waals surface area contributed by atoms with E-state index in [1.165, 1.54) is 0 Å². The third kappa shape index (κ3) is 3.43. The van der Waals surface area contributed by atoms with E-state index < -0.39 is 0 Å². The standard InChI is InChI=1S/C13H26N2O3/c1-10(9-18-4)13(17)15-6-5-12(11(15)2)14(3)7-8-16/h10-12,16H,5-9H2,1-4H3/t10-,11-,12-/m1/s1. The summed E-state index contributed by atoms with van der Waals surface area (Å²) in [5.74, 6) is 0.0867. The van der Waals surface area contributed by atoms with Gasteiger partial charge in [0.15, 0.2) is 0 Å². The molecule has 1 N–H and O–H groups in total. The van der Waals surface area contributed by atoms with Gasteiger partial charge in [-0.15, -0.1) is 0 Å². The minimum atomic E-state index is -0.0839. The molecule has 1 amide bonds. The molecule has 0 spiro atoms. The van der Waals surface area contributed by atoms with E-state index in [0.29, 0.717) is 19.2 Å². The molecule has 18 heavy (non-hydrogen) atoms. The molecule has 1 heterocycles. The number of carbonyl (C=O) groups is 1. The number of aliphatic hydroxyl groups excluding tert-OH is 1. The molecule has 5 nitrogen and oxygen atoms in total. The van der Waals surface area contributed by atoms with E-state index >= 15 is 0 Å². The lowest BCUT2D eigenvalue weighted by molar-refractivity contribution is -0.137. The van der Waals surface area contributed by atoms with Gasteiger partial charge in [0.2, 0.25) is 5.91 Å². The summed E-state index contributed by atoms with van der Waals surface area (Å²) in [5.41, 5.74) is 0. The maximum Gasteiger partial charge on any atom is 0.228 e. The Morgan fingerprint density at radius 1 is 1.61 bits per heavy atom. The van der Waals surface area contributed by atoms with Crippen LogP contribution in [0.5, 0.6) is 0 Å². The summed E-state index contributed by atoms with van der Waals surface area (Å²) in [7, 11) is 3.62. The molecule has 0 aromatic heterocycles. The number of likely N-dealkylation sites (N-methyl/N-ethyl adjacent to an activating group) is 1. The molecule has 0 aliphatic carbocycles. The monoisotopic (exact) mass is 258 g/mol. The van der Waals surface area contributed by atoms with Gasteiger partial charge in [0, 0.05) is 32.3 Å². The number of carbonyl (C=O) groups excluding carboxylic acids is 1. The zero-order valence-corrected chi connectivity index (χ0v) is 11.9. The van der Waals surface area contributed by atoms with Gasteiger partial charge in [0.05, 0.1) is 19.1 Å². The molecule has 1 fully saturated rings. The van der Waals surface area contributed by atoms with Crippen LogP contribution in [0.2, 0.25) is 0 Å². The maximum absolute atomic E-state index is 12.2. The van der Waals surface area contributed by atoms with Crippen molar-refractivity contribution in [3.05, 3.63) is 0 Å². The molecule has 0 saturated carbocycles. The quantitative estimate of drug-likeness (QED) is 0.738. The van der Waals surface area contributed by atoms with Crippen LogP contribution in [-0.2, 0) is 9.53 Å². The predicted octanol–water partition coefficient (Wildman–Crippen LogP) is 0.182. The molecule has 3 atom stereocenters. The third-order valence-electron chi connectivity index (χ3n) is 3.85. The average molecular weight is 258 g/mol. The molecule has 0 aromatic rings. The first-order chi connectivity index (χ1) is 8.52. The lowest BCUT2D eigenvalue weighted by Gasteiger charge is -2.31.